The first-order valence-electron chi connectivity index (χ1n) is 7.66. The summed E-state index contributed by atoms with van der Waals surface area (Å²) in [5.41, 5.74) is 1.25. The summed E-state index contributed by atoms with van der Waals surface area (Å²) in [5, 5.41) is 10.5. The minimum absolute atomic E-state index is 0.109. The highest BCUT2D eigenvalue weighted by molar-refractivity contribution is 5.28. The van der Waals surface area contributed by atoms with Crippen molar-refractivity contribution in [1.82, 2.24) is 0 Å². The first kappa shape index (κ1) is 13.9. The van der Waals surface area contributed by atoms with Gasteiger partial charge in [-0.1, -0.05) is 12.1 Å². The van der Waals surface area contributed by atoms with Gasteiger partial charge in [-0.25, -0.2) is 0 Å². The molecule has 2 aliphatic rings. The Morgan fingerprint density at radius 3 is 3.00 bits per heavy atom. The van der Waals surface area contributed by atoms with E-state index in [1.165, 1.54) is 19.3 Å². The number of hydrogen-bond acceptors (Lipinski definition) is 3. The van der Waals surface area contributed by atoms with Crippen molar-refractivity contribution in [2.75, 3.05) is 13.7 Å². The lowest BCUT2D eigenvalue weighted by atomic mass is 9.70. The Balaban J connectivity index is 1.61. The van der Waals surface area contributed by atoms with Gasteiger partial charge in [-0.05, 0) is 62.1 Å². The molecule has 3 rings (SSSR count). The third kappa shape index (κ3) is 2.84. The van der Waals surface area contributed by atoms with E-state index in [2.05, 4.69) is 6.07 Å². The molecule has 0 bridgehead atoms. The normalized spacial score (nSPS) is 26.0. The summed E-state index contributed by atoms with van der Waals surface area (Å²) in [6, 6.07) is 8.00. The summed E-state index contributed by atoms with van der Waals surface area (Å²) >= 11 is 0. The van der Waals surface area contributed by atoms with E-state index in [-0.39, 0.29) is 11.7 Å². The maximum atomic E-state index is 10.5. The Morgan fingerprint density at radius 2 is 2.30 bits per heavy atom. The molecule has 1 aliphatic heterocycles. The highest BCUT2D eigenvalue weighted by atomic mass is 16.5. The molecule has 1 N–H and O–H groups in total. The number of hydrogen-bond donors (Lipinski definition) is 1. The molecule has 110 valence electrons. The molecule has 1 heterocycles. The fourth-order valence-electron chi connectivity index (χ4n) is 3.52. The molecule has 1 aromatic rings. The van der Waals surface area contributed by atoms with Crippen LogP contribution >= 0.6 is 0 Å². The van der Waals surface area contributed by atoms with E-state index in [0.717, 1.165) is 30.8 Å². The van der Waals surface area contributed by atoms with E-state index < -0.39 is 0 Å². The van der Waals surface area contributed by atoms with Crippen molar-refractivity contribution in [3.63, 3.8) is 0 Å². The number of ether oxygens (including phenoxy) is 2. The van der Waals surface area contributed by atoms with E-state index in [9.17, 15) is 5.11 Å². The average Bonchev–Trinajstić information content (AvgIpc) is 2.46. The summed E-state index contributed by atoms with van der Waals surface area (Å²) in [4.78, 5) is 0. The molecule has 1 aromatic carbocycles. The largest absolute Gasteiger partial charge is 0.497 e. The first-order valence-corrected chi connectivity index (χ1v) is 7.66. The highest BCUT2D eigenvalue weighted by Crippen LogP contribution is 2.45. The minimum Gasteiger partial charge on any atom is -0.497 e. The zero-order valence-electron chi connectivity index (χ0n) is 12.2. The Morgan fingerprint density at radius 1 is 1.45 bits per heavy atom. The molecule has 1 aliphatic carbocycles. The topological polar surface area (TPSA) is 38.7 Å². The SMILES string of the molecule is COc1cccc(CC(O)C2CCOC3(CCC3)C2)c1. The van der Waals surface area contributed by atoms with Gasteiger partial charge in [0.05, 0.1) is 18.8 Å². The van der Waals surface area contributed by atoms with Crippen LogP contribution in [0.25, 0.3) is 0 Å². The third-order valence-corrected chi connectivity index (χ3v) is 4.92. The second-order valence-corrected chi connectivity index (χ2v) is 6.26. The van der Waals surface area contributed by atoms with E-state index in [1.54, 1.807) is 7.11 Å². The average molecular weight is 276 g/mol. The molecule has 3 heteroatoms. The van der Waals surface area contributed by atoms with Crippen LogP contribution in [-0.4, -0.2) is 30.5 Å². The van der Waals surface area contributed by atoms with Crippen LogP contribution in [0.2, 0.25) is 0 Å². The lowest BCUT2D eigenvalue weighted by Gasteiger charge is -2.48. The van der Waals surface area contributed by atoms with Gasteiger partial charge in [0, 0.05) is 6.61 Å². The summed E-state index contributed by atoms with van der Waals surface area (Å²) in [7, 11) is 1.67. The maximum Gasteiger partial charge on any atom is 0.119 e. The Hall–Kier alpha value is -1.06. The van der Waals surface area contributed by atoms with Crippen molar-refractivity contribution in [2.45, 2.75) is 50.2 Å². The molecule has 20 heavy (non-hydrogen) atoms. The summed E-state index contributed by atoms with van der Waals surface area (Å²) < 4.78 is 11.2. The van der Waals surface area contributed by atoms with Crippen molar-refractivity contribution < 1.29 is 14.6 Å². The molecular formula is C17H24O3. The van der Waals surface area contributed by atoms with Crippen molar-refractivity contribution >= 4 is 0 Å². The first-order chi connectivity index (χ1) is 9.71. The van der Waals surface area contributed by atoms with Crippen molar-refractivity contribution in [1.29, 1.82) is 0 Å². The summed E-state index contributed by atoms with van der Waals surface area (Å²) in [6.07, 6.45) is 6.07. The van der Waals surface area contributed by atoms with Crippen molar-refractivity contribution in [3.8, 4) is 5.75 Å². The molecule has 1 saturated carbocycles. The van der Waals surface area contributed by atoms with Crippen LogP contribution in [0.1, 0.15) is 37.7 Å². The fourth-order valence-corrected chi connectivity index (χ4v) is 3.52. The third-order valence-electron chi connectivity index (χ3n) is 4.92. The van der Waals surface area contributed by atoms with Crippen LogP contribution in [0.15, 0.2) is 24.3 Å². The van der Waals surface area contributed by atoms with Crippen LogP contribution in [0.5, 0.6) is 5.75 Å². The maximum absolute atomic E-state index is 10.5. The van der Waals surface area contributed by atoms with E-state index in [4.69, 9.17) is 9.47 Å². The number of benzene rings is 1. The molecule has 0 amide bonds. The van der Waals surface area contributed by atoms with E-state index in [1.807, 2.05) is 18.2 Å². The molecule has 0 aromatic heterocycles. The fraction of sp³-hybridized carbons (Fsp3) is 0.647. The highest BCUT2D eigenvalue weighted by Gasteiger charge is 2.43. The van der Waals surface area contributed by atoms with Crippen LogP contribution in [-0.2, 0) is 11.2 Å². The predicted octanol–water partition coefficient (Wildman–Crippen LogP) is 2.95. The Bertz CT molecular complexity index is 453. The van der Waals surface area contributed by atoms with Gasteiger partial charge in [-0.15, -0.1) is 0 Å². The van der Waals surface area contributed by atoms with Crippen molar-refractivity contribution in [2.24, 2.45) is 5.92 Å². The zero-order chi connectivity index (χ0) is 14.0. The number of methoxy groups -OCH3 is 1. The molecule has 2 fully saturated rings. The quantitative estimate of drug-likeness (QED) is 0.919. The molecule has 0 radical (unpaired) electrons. The van der Waals surface area contributed by atoms with Gasteiger partial charge in [0.2, 0.25) is 0 Å². The summed E-state index contributed by atoms with van der Waals surface area (Å²) in [5.74, 6) is 1.23. The van der Waals surface area contributed by atoms with Gasteiger partial charge in [-0.2, -0.15) is 0 Å². The van der Waals surface area contributed by atoms with Gasteiger partial charge in [0.25, 0.3) is 0 Å². The van der Waals surface area contributed by atoms with Gasteiger partial charge in [-0.3, -0.25) is 0 Å². The van der Waals surface area contributed by atoms with Gasteiger partial charge < -0.3 is 14.6 Å². The predicted molar refractivity (Wildman–Crippen MR) is 78.0 cm³/mol. The second-order valence-electron chi connectivity index (χ2n) is 6.26. The second kappa shape index (κ2) is 5.74. The van der Waals surface area contributed by atoms with E-state index in [0.29, 0.717) is 12.3 Å². The standard InChI is InChI=1S/C17H24O3/c1-19-15-5-2-4-13(10-15)11-16(18)14-6-9-20-17(12-14)7-3-8-17/h2,4-5,10,14,16,18H,3,6-9,11-12H2,1H3. The zero-order valence-corrected chi connectivity index (χ0v) is 12.2. The monoisotopic (exact) mass is 276 g/mol. The molecule has 1 spiro atoms. The van der Waals surface area contributed by atoms with Gasteiger partial charge in [0.1, 0.15) is 5.75 Å². The lowest BCUT2D eigenvalue weighted by Crippen LogP contribution is -2.48. The minimum atomic E-state index is -0.275. The van der Waals surface area contributed by atoms with Crippen molar-refractivity contribution in [3.05, 3.63) is 29.8 Å². The lowest BCUT2D eigenvalue weighted by molar-refractivity contribution is -0.156. The van der Waals surface area contributed by atoms with Crippen LogP contribution in [0.4, 0.5) is 0 Å². The van der Waals surface area contributed by atoms with Crippen LogP contribution in [0, 0.1) is 5.92 Å². The Kier molecular flexibility index (Phi) is 3.99. The summed E-state index contributed by atoms with van der Waals surface area (Å²) in [6.45, 7) is 0.805. The van der Waals surface area contributed by atoms with Gasteiger partial charge >= 0.3 is 0 Å². The number of rotatable bonds is 4. The number of aliphatic hydroxyl groups is 1. The van der Waals surface area contributed by atoms with E-state index >= 15 is 0 Å². The van der Waals surface area contributed by atoms with Crippen LogP contribution in [0.3, 0.4) is 0 Å². The molecular weight excluding hydrogens is 252 g/mol. The molecule has 2 atom stereocenters. The Labute approximate surface area is 120 Å². The molecule has 3 nitrogen and oxygen atoms in total. The molecule has 2 unspecified atom stereocenters. The van der Waals surface area contributed by atoms with Crippen LogP contribution < -0.4 is 4.74 Å². The smallest absolute Gasteiger partial charge is 0.119 e. The van der Waals surface area contributed by atoms with Gasteiger partial charge in [0.15, 0.2) is 0 Å². The number of aliphatic hydroxyl groups excluding tert-OH is 1. The molecule has 1 saturated heterocycles.